The van der Waals surface area contributed by atoms with Crippen LogP contribution in [-0.4, -0.2) is 27.5 Å². The van der Waals surface area contributed by atoms with Gasteiger partial charge in [0.2, 0.25) is 5.95 Å². The molecule has 27 heavy (non-hydrogen) atoms. The molecule has 0 spiro atoms. The van der Waals surface area contributed by atoms with Crippen molar-refractivity contribution < 1.29 is 9.90 Å². The zero-order valence-corrected chi connectivity index (χ0v) is 14.8. The van der Waals surface area contributed by atoms with E-state index < -0.39 is 5.91 Å². The second kappa shape index (κ2) is 6.92. The summed E-state index contributed by atoms with van der Waals surface area (Å²) in [5, 5.41) is 13.4. The lowest BCUT2D eigenvalue weighted by Gasteiger charge is -2.32. The average Bonchev–Trinajstić information content (AvgIpc) is 2.69. The number of aryl methyl sites for hydroxylation is 1. The summed E-state index contributed by atoms with van der Waals surface area (Å²) in [4.78, 5) is 23.1. The zero-order valence-electron chi connectivity index (χ0n) is 14.8. The van der Waals surface area contributed by atoms with Gasteiger partial charge >= 0.3 is 0 Å². The van der Waals surface area contributed by atoms with Crippen LogP contribution in [0.3, 0.4) is 0 Å². The van der Waals surface area contributed by atoms with Gasteiger partial charge in [0.05, 0.1) is 17.8 Å². The van der Waals surface area contributed by atoms with Crippen LogP contribution in [0, 0.1) is 6.92 Å². The van der Waals surface area contributed by atoms with Gasteiger partial charge in [-0.25, -0.2) is 9.97 Å². The van der Waals surface area contributed by atoms with E-state index >= 15 is 0 Å². The van der Waals surface area contributed by atoms with Crippen LogP contribution < -0.4 is 10.2 Å². The van der Waals surface area contributed by atoms with Crippen LogP contribution in [0.2, 0.25) is 0 Å². The zero-order chi connectivity index (χ0) is 18.8. The van der Waals surface area contributed by atoms with Gasteiger partial charge in [0, 0.05) is 23.1 Å². The molecule has 2 heterocycles. The number of rotatable bonds is 3. The van der Waals surface area contributed by atoms with Crippen molar-refractivity contribution in [3.8, 4) is 0 Å². The van der Waals surface area contributed by atoms with E-state index in [-0.39, 0.29) is 23.8 Å². The molecule has 4 rings (SSSR count). The molecule has 0 fully saturated rings. The number of nitrogens with zero attached hydrogens (tertiary/aromatic N) is 3. The van der Waals surface area contributed by atoms with E-state index in [1.54, 1.807) is 18.3 Å². The third-order valence-corrected chi connectivity index (χ3v) is 4.41. The predicted octanol–water partition coefficient (Wildman–Crippen LogP) is 3.84. The van der Waals surface area contributed by atoms with E-state index in [0.717, 1.165) is 17.1 Å². The molecular formula is C21H18N4O2. The molecule has 0 aliphatic carbocycles. The fourth-order valence-corrected chi connectivity index (χ4v) is 3.09. The molecule has 1 aliphatic rings. The highest BCUT2D eigenvalue weighted by molar-refractivity contribution is 6.10. The number of nitrogens with one attached hydrogen (secondary N) is 1. The van der Waals surface area contributed by atoms with Crippen molar-refractivity contribution in [3.05, 3.63) is 83.7 Å². The number of aromatic nitrogens is 2. The Hall–Kier alpha value is -3.67. The lowest BCUT2D eigenvalue weighted by Crippen LogP contribution is -2.31. The number of hydrogen-bond donors (Lipinski definition) is 2. The van der Waals surface area contributed by atoms with Crippen molar-refractivity contribution in [1.82, 2.24) is 9.97 Å². The number of carbonyl (C=O) groups excluding carboxylic acids is 1. The highest BCUT2D eigenvalue weighted by Gasteiger charge is 2.29. The molecular weight excluding hydrogens is 340 g/mol. The third-order valence-electron chi connectivity index (χ3n) is 4.41. The molecule has 0 radical (unpaired) electrons. The molecule has 6 heteroatoms. The second-order valence-corrected chi connectivity index (χ2v) is 6.24. The highest BCUT2D eigenvalue weighted by atomic mass is 16.3. The van der Waals surface area contributed by atoms with E-state index in [1.165, 1.54) is 0 Å². The van der Waals surface area contributed by atoms with Gasteiger partial charge in [-0.3, -0.25) is 10.1 Å². The number of aliphatic hydroxyl groups excluding tert-OH is 1. The first-order valence-electron chi connectivity index (χ1n) is 8.58. The van der Waals surface area contributed by atoms with E-state index in [4.69, 9.17) is 0 Å². The molecule has 0 atom stereocenters. The Morgan fingerprint density at radius 2 is 1.81 bits per heavy atom. The molecule has 2 N–H and O–H groups in total. The average molecular weight is 358 g/mol. The molecule has 0 unspecified atom stereocenters. The van der Waals surface area contributed by atoms with Crippen molar-refractivity contribution >= 4 is 29.0 Å². The van der Waals surface area contributed by atoms with Gasteiger partial charge in [-0.2, -0.15) is 0 Å². The van der Waals surface area contributed by atoms with Gasteiger partial charge in [0.25, 0.3) is 5.91 Å². The minimum Gasteiger partial charge on any atom is -0.507 e. The van der Waals surface area contributed by atoms with Gasteiger partial charge in [-0.15, -0.1) is 0 Å². The third kappa shape index (κ3) is 3.25. The van der Waals surface area contributed by atoms with Gasteiger partial charge in [-0.05, 0) is 37.3 Å². The Bertz CT molecular complexity index is 1030. The van der Waals surface area contributed by atoms with E-state index in [2.05, 4.69) is 15.3 Å². The van der Waals surface area contributed by atoms with Crippen LogP contribution in [0.4, 0.5) is 17.3 Å². The second-order valence-electron chi connectivity index (χ2n) is 6.24. The topological polar surface area (TPSA) is 78.3 Å². The van der Waals surface area contributed by atoms with Crippen molar-refractivity contribution in [1.29, 1.82) is 0 Å². The van der Waals surface area contributed by atoms with Gasteiger partial charge < -0.3 is 10.0 Å². The Morgan fingerprint density at radius 1 is 1.07 bits per heavy atom. The normalized spacial score (nSPS) is 13.3. The number of benzene rings is 2. The standard InChI is InChI=1S/C21H18N4O2/c1-14-11-12-22-21(23-14)24-20(27)17-13-25(15-7-3-2-4-8-15)18-10-6-5-9-16(18)19(17)26/h2-12,26H,13H2,1H3,(H,22,23,24,27). The Labute approximate surface area is 156 Å². The summed E-state index contributed by atoms with van der Waals surface area (Å²) in [5.74, 6) is -0.234. The first-order chi connectivity index (χ1) is 13.1. The first kappa shape index (κ1) is 16.8. The number of para-hydroxylation sites is 2. The maximum Gasteiger partial charge on any atom is 0.259 e. The summed E-state index contributed by atoms with van der Waals surface area (Å²) in [6.45, 7) is 2.06. The highest BCUT2D eigenvalue weighted by Crippen LogP contribution is 2.37. The Balaban J connectivity index is 1.73. The van der Waals surface area contributed by atoms with Gasteiger partial charge in [0.15, 0.2) is 0 Å². The number of amides is 1. The molecule has 3 aromatic rings. The number of anilines is 3. The van der Waals surface area contributed by atoms with Gasteiger partial charge in [0.1, 0.15) is 5.76 Å². The molecule has 1 aliphatic heterocycles. The fraction of sp³-hybridized carbons (Fsp3) is 0.0952. The largest absolute Gasteiger partial charge is 0.507 e. The van der Waals surface area contributed by atoms with E-state index in [9.17, 15) is 9.90 Å². The van der Waals surface area contributed by atoms with Crippen LogP contribution in [0.5, 0.6) is 0 Å². The van der Waals surface area contributed by atoms with Gasteiger partial charge in [-0.1, -0.05) is 30.3 Å². The van der Waals surface area contributed by atoms with Crippen LogP contribution >= 0.6 is 0 Å². The lowest BCUT2D eigenvalue weighted by molar-refractivity contribution is -0.112. The lowest BCUT2D eigenvalue weighted by atomic mass is 9.99. The summed E-state index contributed by atoms with van der Waals surface area (Å²) in [6.07, 6.45) is 1.58. The molecule has 2 aromatic carbocycles. The summed E-state index contributed by atoms with van der Waals surface area (Å²) < 4.78 is 0. The summed E-state index contributed by atoms with van der Waals surface area (Å²) >= 11 is 0. The minimum atomic E-state index is -0.423. The van der Waals surface area contributed by atoms with Crippen molar-refractivity contribution in [2.75, 3.05) is 16.8 Å². The van der Waals surface area contributed by atoms with Crippen LogP contribution in [0.1, 0.15) is 11.3 Å². The number of carbonyl (C=O) groups is 1. The monoisotopic (exact) mass is 358 g/mol. The predicted molar refractivity (Wildman–Crippen MR) is 105 cm³/mol. The molecule has 0 saturated heterocycles. The SMILES string of the molecule is Cc1ccnc(NC(=O)C2=C(O)c3ccccc3N(c3ccccc3)C2)n1. The van der Waals surface area contributed by atoms with Crippen molar-refractivity contribution in [3.63, 3.8) is 0 Å². The summed E-state index contributed by atoms with van der Waals surface area (Å²) in [6, 6.07) is 19.0. The van der Waals surface area contributed by atoms with Crippen LogP contribution in [0.25, 0.3) is 5.76 Å². The number of hydrogen-bond acceptors (Lipinski definition) is 5. The molecule has 0 saturated carbocycles. The van der Waals surface area contributed by atoms with Crippen molar-refractivity contribution in [2.24, 2.45) is 0 Å². The Morgan fingerprint density at radius 3 is 2.59 bits per heavy atom. The fourth-order valence-electron chi connectivity index (χ4n) is 3.09. The van der Waals surface area contributed by atoms with E-state index in [1.807, 2.05) is 60.4 Å². The number of fused-ring (bicyclic) bond motifs is 1. The molecule has 1 aromatic heterocycles. The smallest absolute Gasteiger partial charge is 0.259 e. The first-order valence-corrected chi connectivity index (χ1v) is 8.58. The quantitative estimate of drug-likeness (QED) is 0.744. The molecule has 134 valence electrons. The molecule has 0 bridgehead atoms. The molecule has 1 amide bonds. The van der Waals surface area contributed by atoms with Crippen LogP contribution in [-0.2, 0) is 4.79 Å². The Kier molecular flexibility index (Phi) is 4.30. The number of aliphatic hydroxyl groups is 1. The maximum absolute atomic E-state index is 12.8. The van der Waals surface area contributed by atoms with Crippen LogP contribution in [0.15, 0.2) is 72.4 Å². The van der Waals surface area contributed by atoms with E-state index in [0.29, 0.717) is 5.56 Å². The minimum absolute atomic E-state index is 0.0251. The summed E-state index contributed by atoms with van der Waals surface area (Å²) in [7, 11) is 0. The van der Waals surface area contributed by atoms with Crippen molar-refractivity contribution in [2.45, 2.75) is 6.92 Å². The molecule has 6 nitrogen and oxygen atoms in total. The summed E-state index contributed by atoms with van der Waals surface area (Å²) in [5.41, 5.74) is 3.42. The maximum atomic E-state index is 12.8.